The molecule has 4 rings (SSSR count). The summed E-state index contributed by atoms with van der Waals surface area (Å²) < 4.78 is 7.30. The van der Waals surface area contributed by atoms with Crippen LogP contribution >= 0.6 is 11.3 Å². The third-order valence-electron chi connectivity index (χ3n) is 5.67. The molecule has 0 saturated carbocycles. The lowest BCUT2D eigenvalue weighted by Gasteiger charge is -2.25. The van der Waals surface area contributed by atoms with Gasteiger partial charge in [0.05, 0.1) is 29.0 Å². The van der Waals surface area contributed by atoms with Crippen molar-refractivity contribution < 1.29 is 9.53 Å². The van der Waals surface area contributed by atoms with Crippen molar-refractivity contribution in [2.24, 2.45) is 4.99 Å². The fourth-order valence-corrected chi connectivity index (χ4v) is 4.96. The van der Waals surface area contributed by atoms with Gasteiger partial charge in [-0.1, -0.05) is 86.7 Å². The third-order valence-corrected chi connectivity index (χ3v) is 6.65. The zero-order valence-corrected chi connectivity index (χ0v) is 19.5. The van der Waals surface area contributed by atoms with Crippen LogP contribution in [0.4, 0.5) is 0 Å². The minimum atomic E-state index is -0.569. The number of ether oxygens (including phenoxy) is 1. The van der Waals surface area contributed by atoms with Crippen LogP contribution in [0.15, 0.2) is 75.7 Å². The Morgan fingerprint density at radius 2 is 1.84 bits per heavy atom. The van der Waals surface area contributed by atoms with Gasteiger partial charge >= 0.3 is 5.97 Å². The number of allylic oxidation sites excluding steroid dienone is 1. The molecule has 0 fully saturated rings. The first kappa shape index (κ1) is 22.0. The highest BCUT2D eigenvalue weighted by atomic mass is 32.1. The van der Waals surface area contributed by atoms with Crippen molar-refractivity contribution in [2.45, 2.75) is 39.2 Å². The molecule has 0 unspecified atom stereocenters. The van der Waals surface area contributed by atoms with Gasteiger partial charge in [0, 0.05) is 0 Å². The first-order chi connectivity index (χ1) is 15.4. The first-order valence-electron chi connectivity index (χ1n) is 10.7. The summed E-state index contributed by atoms with van der Waals surface area (Å²) in [6, 6.07) is 17.2. The van der Waals surface area contributed by atoms with Gasteiger partial charge in [-0.25, -0.2) is 9.79 Å². The number of nitrogens with zero attached hydrogens (tertiary/aromatic N) is 2. The van der Waals surface area contributed by atoms with Gasteiger partial charge in [0.2, 0.25) is 0 Å². The van der Waals surface area contributed by atoms with E-state index in [1.807, 2.05) is 55.5 Å². The summed E-state index contributed by atoms with van der Waals surface area (Å²) >= 11 is 1.35. The number of carbonyl (C=O) groups excluding carboxylic acids is 1. The highest BCUT2D eigenvalue weighted by Crippen LogP contribution is 2.31. The number of hydrogen-bond donors (Lipinski definition) is 0. The third kappa shape index (κ3) is 3.98. The molecule has 1 aliphatic rings. The van der Waals surface area contributed by atoms with Crippen LogP contribution in [0.1, 0.15) is 55.8 Å². The zero-order chi connectivity index (χ0) is 22.8. The molecule has 0 bridgehead atoms. The van der Waals surface area contributed by atoms with Crippen LogP contribution in [0.5, 0.6) is 0 Å². The Labute approximate surface area is 191 Å². The molecule has 0 N–H and O–H groups in total. The molecule has 164 valence electrons. The molecule has 32 heavy (non-hydrogen) atoms. The van der Waals surface area contributed by atoms with E-state index in [2.05, 4.69) is 26.0 Å². The fourth-order valence-electron chi connectivity index (χ4n) is 3.94. The summed E-state index contributed by atoms with van der Waals surface area (Å²) in [4.78, 5) is 31.6. The van der Waals surface area contributed by atoms with E-state index in [9.17, 15) is 9.59 Å². The second kappa shape index (κ2) is 9.09. The molecule has 1 aromatic heterocycles. The number of hydrogen-bond acceptors (Lipinski definition) is 5. The molecule has 0 radical (unpaired) electrons. The quantitative estimate of drug-likeness (QED) is 0.558. The molecule has 6 heteroatoms. The van der Waals surface area contributed by atoms with E-state index >= 15 is 0 Å². The Balaban J connectivity index is 1.93. The molecule has 0 spiro atoms. The Bertz CT molecular complexity index is 1350. The van der Waals surface area contributed by atoms with E-state index in [4.69, 9.17) is 9.73 Å². The summed E-state index contributed by atoms with van der Waals surface area (Å²) in [6.07, 6.45) is 2.46. The van der Waals surface area contributed by atoms with Crippen molar-refractivity contribution in [3.63, 3.8) is 0 Å². The van der Waals surface area contributed by atoms with Gasteiger partial charge in [0.15, 0.2) is 4.80 Å². The van der Waals surface area contributed by atoms with Crippen molar-refractivity contribution in [1.82, 2.24) is 4.57 Å². The number of carbonyl (C=O) groups is 1. The zero-order valence-electron chi connectivity index (χ0n) is 18.7. The number of rotatable bonds is 5. The smallest absolute Gasteiger partial charge is 0.338 e. The second-order valence-electron chi connectivity index (χ2n) is 8.02. The second-order valence-corrected chi connectivity index (χ2v) is 9.03. The summed E-state index contributed by atoms with van der Waals surface area (Å²) in [5.74, 6) is -0.0116. The summed E-state index contributed by atoms with van der Waals surface area (Å²) in [6.45, 7) is 6.26. The Hall–Kier alpha value is -3.25. The predicted octanol–water partition coefficient (Wildman–Crippen LogP) is 3.92. The Morgan fingerprint density at radius 1 is 1.16 bits per heavy atom. The van der Waals surface area contributed by atoms with Crippen molar-refractivity contribution >= 4 is 23.4 Å². The lowest BCUT2D eigenvalue weighted by atomic mass is 9.95. The van der Waals surface area contributed by atoms with Gasteiger partial charge in [-0.05, 0) is 35.1 Å². The van der Waals surface area contributed by atoms with Crippen LogP contribution in [0.3, 0.4) is 0 Å². The SMILES string of the molecule is CCC1=C(C(=O)OC)[C@H](c2ccccc2)n2c(s/c(=C\c3ccc(C(C)C)cc3)c2=O)=N1. The van der Waals surface area contributed by atoms with E-state index in [0.29, 0.717) is 32.9 Å². The number of thiazole rings is 1. The van der Waals surface area contributed by atoms with Crippen LogP contribution in [0.2, 0.25) is 0 Å². The number of benzene rings is 2. The van der Waals surface area contributed by atoms with Gasteiger partial charge in [-0.15, -0.1) is 0 Å². The molecule has 2 heterocycles. The van der Waals surface area contributed by atoms with Crippen LogP contribution < -0.4 is 14.9 Å². The number of aromatic nitrogens is 1. The molecule has 0 saturated heterocycles. The van der Waals surface area contributed by atoms with Gasteiger partial charge in [-0.2, -0.15) is 0 Å². The van der Waals surface area contributed by atoms with Crippen LogP contribution in [0.25, 0.3) is 6.08 Å². The maximum atomic E-state index is 13.5. The van der Waals surface area contributed by atoms with Crippen molar-refractivity contribution in [1.29, 1.82) is 0 Å². The minimum absolute atomic E-state index is 0.160. The average Bonchev–Trinajstić information content (AvgIpc) is 3.12. The van der Waals surface area contributed by atoms with Gasteiger partial charge in [-0.3, -0.25) is 9.36 Å². The van der Waals surface area contributed by atoms with Crippen molar-refractivity contribution in [2.75, 3.05) is 7.11 Å². The molecule has 1 aliphatic heterocycles. The average molecular weight is 447 g/mol. The van der Waals surface area contributed by atoms with Gasteiger partial charge < -0.3 is 4.74 Å². The van der Waals surface area contributed by atoms with Crippen molar-refractivity contribution in [3.8, 4) is 0 Å². The highest BCUT2D eigenvalue weighted by Gasteiger charge is 2.33. The Morgan fingerprint density at radius 3 is 2.44 bits per heavy atom. The topological polar surface area (TPSA) is 60.7 Å². The summed E-state index contributed by atoms with van der Waals surface area (Å²) in [5.41, 5.74) is 3.97. The van der Waals surface area contributed by atoms with Gasteiger partial charge in [0.25, 0.3) is 5.56 Å². The number of methoxy groups -OCH3 is 1. The van der Waals surface area contributed by atoms with E-state index in [-0.39, 0.29) is 5.56 Å². The van der Waals surface area contributed by atoms with Crippen LogP contribution in [-0.2, 0) is 9.53 Å². The number of fused-ring (bicyclic) bond motifs is 1. The maximum absolute atomic E-state index is 13.5. The maximum Gasteiger partial charge on any atom is 0.338 e. The molecular weight excluding hydrogens is 420 g/mol. The first-order valence-corrected chi connectivity index (χ1v) is 11.5. The van der Waals surface area contributed by atoms with E-state index in [1.165, 1.54) is 24.0 Å². The van der Waals surface area contributed by atoms with Crippen LogP contribution in [0, 0.1) is 0 Å². The molecule has 3 aromatic rings. The van der Waals surface area contributed by atoms with E-state index in [0.717, 1.165) is 11.1 Å². The van der Waals surface area contributed by atoms with E-state index < -0.39 is 12.0 Å². The normalized spacial score (nSPS) is 16.2. The minimum Gasteiger partial charge on any atom is -0.466 e. The standard InChI is InChI=1S/C26H26N2O3S/c1-5-20-22(25(30)31-4)23(19-9-7-6-8-10-19)28-24(29)21(32-26(28)27-20)15-17-11-13-18(14-12-17)16(2)3/h6-16,23H,5H2,1-4H3/b21-15-/t23-/m0/s1. The molecule has 5 nitrogen and oxygen atoms in total. The lowest BCUT2D eigenvalue weighted by Crippen LogP contribution is -2.40. The molecule has 1 atom stereocenters. The van der Waals surface area contributed by atoms with Gasteiger partial charge in [0.1, 0.15) is 0 Å². The lowest BCUT2D eigenvalue weighted by molar-refractivity contribution is -0.136. The molecule has 0 amide bonds. The molecule has 2 aromatic carbocycles. The molecular formula is C26H26N2O3S. The summed E-state index contributed by atoms with van der Waals surface area (Å²) in [7, 11) is 1.36. The monoisotopic (exact) mass is 446 g/mol. The fraction of sp³-hybridized carbons (Fsp3) is 0.269. The predicted molar refractivity (Wildman–Crippen MR) is 127 cm³/mol. The van der Waals surface area contributed by atoms with E-state index in [1.54, 1.807) is 4.57 Å². The largest absolute Gasteiger partial charge is 0.466 e. The van der Waals surface area contributed by atoms with Crippen LogP contribution in [-0.4, -0.2) is 17.6 Å². The molecule has 0 aliphatic carbocycles. The highest BCUT2D eigenvalue weighted by molar-refractivity contribution is 7.07. The number of esters is 1. The summed E-state index contributed by atoms with van der Waals surface area (Å²) in [5, 5.41) is 0. The Kier molecular flexibility index (Phi) is 6.24. The van der Waals surface area contributed by atoms with Crippen molar-refractivity contribution in [3.05, 3.63) is 102 Å².